The van der Waals surface area contributed by atoms with Crippen molar-refractivity contribution < 1.29 is 13.2 Å². The van der Waals surface area contributed by atoms with Gasteiger partial charge in [-0.3, -0.25) is 0 Å². The lowest BCUT2D eigenvalue weighted by Crippen LogP contribution is -2.15. The molecule has 0 unspecified atom stereocenters. The number of benzene rings is 2. The third-order valence-corrected chi connectivity index (χ3v) is 3.66. The molecule has 1 N–H and O–H groups in total. The summed E-state index contributed by atoms with van der Waals surface area (Å²) in [5.74, 6) is -1.75. The van der Waals surface area contributed by atoms with Crippen molar-refractivity contribution in [3.8, 4) is 0 Å². The molecule has 106 valence electrons. The lowest BCUT2D eigenvalue weighted by molar-refractivity contribution is 0.531. The third kappa shape index (κ3) is 3.53. The van der Waals surface area contributed by atoms with Crippen LogP contribution >= 0.6 is 27.5 Å². The number of halogens is 5. The second-order valence-corrected chi connectivity index (χ2v) is 5.44. The van der Waals surface area contributed by atoms with Crippen LogP contribution in [-0.2, 0) is 13.1 Å². The van der Waals surface area contributed by atoms with E-state index in [9.17, 15) is 13.2 Å². The zero-order valence-electron chi connectivity index (χ0n) is 10.2. The van der Waals surface area contributed by atoms with Crippen LogP contribution in [-0.4, -0.2) is 0 Å². The summed E-state index contributed by atoms with van der Waals surface area (Å²) >= 11 is 8.66. The highest BCUT2D eigenvalue weighted by atomic mass is 79.9. The van der Waals surface area contributed by atoms with Gasteiger partial charge in [-0.1, -0.05) is 17.7 Å². The minimum Gasteiger partial charge on any atom is -0.308 e. The number of rotatable bonds is 4. The molecule has 6 heteroatoms. The Morgan fingerprint density at radius 1 is 1.00 bits per heavy atom. The molecule has 0 saturated carbocycles. The highest BCUT2D eigenvalue weighted by molar-refractivity contribution is 9.10. The Morgan fingerprint density at radius 2 is 1.70 bits per heavy atom. The molecule has 0 aliphatic rings. The van der Waals surface area contributed by atoms with E-state index in [1.165, 1.54) is 24.3 Å². The molecule has 0 bridgehead atoms. The summed E-state index contributed by atoms with van der Waals surface area (Å²) in [6, 6.07) is 6.78. The quantitative estimate of drug-likeness (QED) is 0.768. The van der Waals surface area contributed by atoms with Gasteiger partial charge in [0, 0.05) is 18.7 Å². The molecule has 0 aliphatic carbocycles. The molecule has 2 aromatic rings. The molecular weight excluding hydrogens is 355 g/mol. The first-order valence-corrected chi connectivity index (χ1v) is 6.93. The molecule has 0 amide bonds. The maximum absolute atomic E-state index is 13.7. The number of hydrogen-bond donors (Lipinski definition) is 1. The average Bonchev–Trinajstić information content (AvgIpc) is 2.42. The minimum absolute atomic E-state index is 0.0177. The van der Waals surface area contributed by atoms with Crippen molar-refractivity contribution in [3.05, 3.63) is 68.4 Å². The highest BCUT2D eigenvalue weighted by Crippen LogP contribution is 2.21. The van der Waals surface area contributed by atoms with Gasteiger partial charge in [-0.2, -0.15) is 0 Å². The van der Waals surface area contributed by atoms with Gasteiger partial charge in [-0.25, -0.2) is 13.2 Å². The van der Waals surface area contributed by atoms with Gasteiger partial charge in [-0.05, 0) is 45.8 Å². The maximum atomic E-state index is 13.7. The van der Waals surface area contributed by atoms with Crippen LogP contribution in [0.4, 0.5) is 13.2 Å². The van der Waals surface area contributed by atoms with Crippen LogP contribution in [0.15, 0.2) is 34.8 Å². The molecule has 0 atom stereocenters. The predicted octanol–water partition coefficient (Wildman–Crippen LogP) is 4.81. The molecule has 0 fully saturated rings. The van der Waals surface area contributed by atoms with E-state index in [0.717, 1.165) is 5.56 Å². The fourth-order valence-corrected chi connectivity index (χ4v) is 2.29. The minimum atomic E-state index is -0.630. The first kappa shape index (κ1) is 15.4. The first-order chi connectivity index (χ1) is 9.49. The fourth-order valence-electron chi connectivity index (χ4n) is 1.71. The molecule has 0 spiro atoms. The molecule has 2 rings (SSSR count). The van der Waals surface area contributed by atoms with Crippen molar-refractivity contribution in [2.45, 2.75) is 13.1 Å². The van der Waals surface area contributed by atoms with E-state index in [0.29, 0.717) is 6.54 Å². The fraction of sp³-hybridized carbons (Fsp3) is 0.143. The summed E-state index contributed by atoms with van der Waals surface area (Å²) in [6.07, 6.45) is 0. The third-order valence-electron chi connectivity index (χ3n) is 2.75. The molecule has 0 aliphatic heterocycles. The van der Waals surface area contributed by atoms with Crippen LogP contribution in [0.25, 0.3) is 0 Å². The molecule has 0 saturated heterocycles. The highest BCUT2D eigenvalue weighted by Gasteiger charge is 2.11. The normalized spacial score (nSPS) is 10.8. The van der Waals surface area contributed by atoms with Crippen molar-refractivity contribution in [3.63, 3.8) is 0 Å². The van der Waals surface area contributed by atoms with E-state index in [2.05, 4.69) is 21.2 Å². The van der Waals surface area contributed by atoms with Gasteiger partial charge in [-0.15, -0.1) is 0 Å². The predicted molar refractivity (Wildman–Crippen MR) is 76.0 cm³/mol. The van der Waals surface area contributed by atoms with E-state index < -0.39 is 17.5 Å². The zero-order valence-corrected chi connectivity index (χ0v) is 12.5. The largest absolute Gasteiger partial charge is 0.308 e. The van der Waals surface area contributed by atoms with Gasteiger partial charge in [0.05, 0.1) is 9.50 Å². The topological polar surface area (TPSA) is 12.0 Å². The average molecular weight is 365 g/mol. The smallest absolute Gasteiger partial charge is 0.144 e. The van der Waals surface area contributed by atoms with Crippen molar-refractivity contribution in [2.24, 2.45) is 0 Å². The summed E-state index contributed by atoms with van der Waals surface area (Å²) in [5, 5.41) is 2.91. The monoisotopic (exact) mass is 363 g/mol. The summed E-state index contributed by atoms with van der Waals surface area (Å²) < 4.78 is 40.4. The second-order valence-electron chi connectivity index (χ2n) is 4.17. The van der Waals surface area contributed by atoms with E-state index in [4.69, 9.17) is 11.6 Å². The SMILES string of the molecule is Fc1ccc(CNCc2c(F)ccc(Br)c2F)cc1Cl. The van der Waals surface area contributed by atoms with Gasteiger partial charge in [0.1, 0.15) is 17.5 Å². The Bertz CT molecular complexity index is 634. The molecule has 20 heavy (non-hydrogen) atoms. The molecule has 0 heterocycles. The molecule has 0 aromatic heterocycles. The molecule has 1 nitrogen and oxygen atoms in total. The lowest BCUT2D eigenvalue weighted by Gasteiger charge is -2.09. The van der Waals surface area contributed by atoms with E-state index >= 15 is 0 Å². The van der Waals surface area contributed by atoms with Crippen molar-refractivity contribution >= 4 is 27.5 Å². The molecular formula is C14H10BrClF3N. The summed E-state index contributed by atoms with van der Waals surface area (Å²) in [7, 11) is 0. The summed E-state index contributed by atoms with van der Waals surface area (Å²) in [6.45, 7) is 0.345. The second kappa shape index (κ2) is 6.61. The van der Waals surface area contributed by atoms with Crippen molar-refractivity contribution in [2.75, 3.05) is 0 Å². The summed E-state index contributed by atoms with van der Waals surface area (Å²) in [5.41, 5.74) is 0.680. The Labute approximate surface area is 127 Å². The van der Waals surface area contributed by atoms with Crippen LogP contribution in [0.2, 0.25) is 5.02 Å². The molecule has 0 radical (unpaired) electrons. The van der Waals surface area contributed by atoms with Gasteiger partial charge < -0.3 is 5.32 Å². The van der Waals surface area contributed by atoms with Crippen molar-refractivity contribution in [1.29, 1.82) is 0 Å². The van der Waals surface area contributed by atoms with E-state index in [-0.39, 0.29) is 21.6 Å². The Hall–Kier alpha value is -1.04. The van der Waals surface area contributed by atoms with Gasteiger partial charge in [0.2, 0.25) is 0 Å². The zero-order chi connectivity index (χ0) is 14.7. The van der Waals surface area contributed by atoms with Crippen LogP contribution in [0.1, 0.15) is 11.1 Å². The Kier molecular flexibility index (Phi) is 5.07. The standard InChI is InChI=1S/C14H10BrClF3N/c15-10-2-4-12(17)9(14(10)19)7-20-6-8-1-3-13(18)11(16)5-8/h1-5,20H,6-7H2. The van der Waals surface area contributed by atoms with Crippen LogP contribution < -0.4 is 5.32 Å². The van der Waals surface area contributed by atoms with Crippen LogP contribution in [0, 0.1) is 17.5 Å². The van der Waals surface area contributed by atoms with E-state index in [1.54, 1.807) is 6.07 Å². The van der Waals surface area contributed by atoms with Gasteiger partial charge in [0.15, 0.2) is 0 Å². The Balaban J connectivity index is 2.03. The number of nitrogens with one attached hydrogen (secondary N) is 1. The van der Waals surface area contributed by atoms with Gasteiger partial charge >= 0.3 is 0 Å². The Morgan fingerprint density at radius 3 is 2.40 bits per heavy atom. The van der Waals surface area contributed by atoms with Crippen molar-refractivity contribution in [1.82, 2.24) is 5.32 Å². The summed E-state index contributed by atoms with van der Waals surface area (Å²) in [4.78, 5) is 0. The molecule has 2 aromatic carbocycles. The van der Waals surface area contributed by atoms with Gasteiger partial charge in [0.25, 0.3) is 0 Å². The lowest BCUT2D eigenvalue weighted by atomic mass is 10.2. The first-order valence-electron chi connectivity index (χ1n) is 5.76. The number of hydrogen-bond acceptors (Lipinski definition) is 1. The van der Waals surface area contributed by atoms with Crippen LogP contribution in [0.5, 0.6) is 0 Å². The van der Waals surface area contributed by atoms with E-state index in [1.807, 2.05) is 0 Å². The maximum Gasteiger partial charge on any atom is 0.144 e. The van der Waals surface area contributed by atoms with Crippen LogP contribution in [0.3, 0.4) is 0 Å².